The number of primary amides is 1. The summed E-state index contributed by atoms with van der Waals surface area (Å²) in [4.78, 5) is 52.3. The lowest BCUT2D eigenvalue weighted by atomic mass is 10.0. The summed E-state index contributed by atoms with van der Waals surface area (Å²) in [6.07, 6.45) is 5.70. The minimum Gasteiger partial charge on any atom is -0.504 e. The highest BCUT2D eigenvalue weighted by Gasteiger charge is 2.31. The van der Waals surface area contributed by atoms with Crippen molar-refractivity contribution in [3.05, 3.63) is 62.7 Å². The molecule has 12 nitrogen and oxygen atoms in total. The molecule has 3 aliphatic rings. The highest BCUT2D eigenvalue weighted by Crippen LogP contribution is 2.37. The number of piperazine rings is 1. The number of phenols is 1. The predicted octanol–water partition coefficient (Wildman–Crippen LogP) is 4.03. The van der Waals surface area contributed by atoms with E-state index in [1.807, 2.05) is 11.8 Å². The second kappa shape index (κ2) is 12.7. The zero-order valence-electron chi connectivity index (χ0n) is 26.6. The Bertz CT molecular complexity index is 2080. The molecule has 2 aliphatic heterocycles. The maximum atomic E-state index is 15.4. The topological polar surface area (TPSA) is 152 Å². The third-order valence-electron chi connectivity index (χ3n) is 9.54. The maximum Gasteiger partial charge on any atom is 0.263 e. The largest absolute Gasteiger partial charge is 0.504 e. The van der Waals surface area contributed by atoms with Gasteiger partial charge in [-0.3, -0.25) is 23.9 Å². The molecule has 3 aromatic heterocycles. The summed E-state index contributed by atoms with van der Waals surface area (Å²) in [6, 6.07) is 2.40. The van der Waals surface area contributed by atoms with Crippen LogP contribution in [0.25, 0.3) is 22.2 Å². The third kappa shape index (κ3) is 6.09. The molecule has 1 atom stereocenters. The highest BCUT2D eigenvalue weighted by molar-refractivity contribution is 6.33. The van der Waals surface area contributed by atoms with Crippen molar-refractivity contribution in [1.29, 1.82) is 0 Å². The molecule has 1 saturated carbocycles. The fourth-order valence-corrected chi connectivity index (χ4v) is 7.03. The number of hydrogen-bond donors (Lipinski definition) is 3. The first-order valence-electron chi connectivity index (χ1n) is 16.2. The number of aryl methyl sites for hydroxylation is 1. The van der Waals surface area contributed by atoms with E-state index in [-0.39, 0.29) is 33.3 Å². The second-order valence-electron chi connectivity index (χ2n) is 13.1. The number of rotatable bonds is 8. The van der Waals surface area contributed by atoms with Crippen molar-refractivity contribution in [1.82, 2.24) is 24.0 Å². The van der Waals surface area contributed by atoms with Crippen molar-refractivity contribution in [2.45, 2.75) is 58.2 Å². The molecular weight excluding hydrogens is 665 g/mol. The van der Waals surface area contributed by atoms with Gasteiger partial charge in [-0.15, -0.1) is 0 Å². The van der Waals surface area contributed by atoms with Gasteiger partial charge in [-0.1, -0.05) is 11.6 Å². The van der Waals surface area contributed by atoms with Gasteiger partial charge in [0.05, 0.1) is 16.6 Å². The average Bonchev–Trinajstić information content (AvgIpc) is 3.81. The van der Waals surface area contributed by atoms with E-state index in [0.29, 0.717) is 37.6 Å². The van der Waals surface area contributed by atoms with Crippen LogP contribution in [-0.2, 0) is 24.3 Å². The number of nitrogens with two attached hydrogens (primary N) is 1. The molecule has 0 unspecified atom stereocenters. The van der Waals surface area contributed by atoms with E-state index in [1.165, 1.54) is 34.2 Å². The molecule has 7 rings (SSSR count). The van der Waals surface area contributed by atoms with Crippen molar-refractivity contribution in [2.75, 3.05) is 36.4 Å². The van der Waals surface area contributed by atoms with Crippen molar-refractivity contribution < 1.29 is 27.9 Å². The van der Waals surface area contributed by atoms with Crippen LogP contribution in [0.4, 0.5) is 24.7 Å². The van der Waals surface area contributed by atoms with Crippen molar-refractivity contribution in [3.63, 3.8) is 0 Å². The summed E-state index contributed by atoms with van der Waals surface area (Å²) in [6.45, 7) is 5.14. The van der Waals surface area contributed by atoms with Crippen molar-refractivity contribution in [3.8, 4) is 16.9 Å². The van der Waals surface area contributed by atoms with Gasteiger partial charge >= 0.3 is 0 Å². The standard InChI is InChI=1S/C33H34ClF3N8O4/c1-16-12-42(13-17-5-6-17)8-9-44(16)23-11-21(26(34)30(37)40-23)39-24(46)15-43-14-20(18-10-19(31(38)48)29(47)28(36)27(18)35)25-32(43)41-22-4-2-3-7-45(22)33(25)49/h10-11,14,16-17,47H,2-9,12-13,15H2,1H3,(H2,38,48)(H,39,40,46)/t16-/m0/s1. The minimum absolute atomic E-state index is 0.0124. The summed E-state index contributed by atoms with van der Waals surface area (Å²) in [7, 11) is 0. The van der Waals surface area contributed by atoms with Crippen LogP contribution in [0.2, 0.25) is 5.02 Å². The number of hydrogen-bond acceptors (Lipinski definition) is 8. The van der Waals surface area contributed by atoms with E-state index >= 15 is 8.78 Å². The average molecular weight is 699 g/mol. The Labute approximate surface area is 283 Å². The number of aromatic hydroxyl groups is 1. The SMILES string of the molecule is C[C@H]1CN(CC2CC2)CCN1c1cc(NC(=O)Cn2cc(-c3cc(C(N)=O)c(O)c(F)c3F)c3c(=O)n4c(nc32)CCCC4)c(Cl)c(F)n1. The molecule has 0 radical (unpaired) electrons. The van der Waals surface area contributed by atoms with E-state index in [0.717, 1.165) is 38.0 Å². The summed E-state index contributed by atoms with van der Waals surface area (Å²) < 4.78 is 47.9. The van der Waals surface area contributed by atoms with Crippen LogP contribution in [0.1, 0.15) is 48.8 Å². The Morgan fingerprint density at radius 2 is 1.86 bits per heavy atom. The van der Waals surface area contributed by atoms with Crippen LogP contribution in [0.5, 0.6) is 5.75 Å². The van der Waals surface area contributed by atoms with Gasteiger partial charge < -0.3 is 25.6 Å². The molecule has 4 aromatic rings. The number of anilines is 2. The number of fused-ring (bicyclic) bond motifs is 2. The number of nitrogens with zero attached hydrogens (tertiary/aromatic N) is 6. The Kier molecular flexibility index (Phi) is 8.51. The van der Waals surface area contributed by atoms with Crippen molar-refractivity contribution >= 4 is 46.0 Å². The maximum absolute atomic E-state index is 15.4. The number of amides is 2. The van der Waals surface area contributed by atoms with Crippen LogP contribution in [0.15, 0.2) is 23.1 Å². The van der Waals surface area contributed by atoms with Gasteiger partial charge in [-0.2, -0.15) is 8.78 Å². The van der Waals surface area contributed by atoms with Crippen LogP contribution in [0.3, 0.4) is 0 Å². The molecule has 0 bridgehead atoms. The smallest absolute Gasteiger partial charge is 0.263 e. The second-order valence-corrected chi connectivity index (χ2v) is 13.4. The number of carbonyl (C=O) groups excluding carboxylic acids is 2. The zero-order chi connectivity index (χ0) is 34.7. The first-order valence-corrected chi connectivity index (χ1v) is 16.6. The van der Waals surface area contributed by atoms with Gasteiger partial charge in [-0.25, -0.2) is 14.4 Å². The molecule has 1 aliphatic carbocycles. The van der Waals surface area contributed by atoms with Crippen LogP contribution >= 0.6 is 11.6 Å². The third-order valence-corrected chi connectivity index (χ3v) is 9.89. The Hall–Kier alpha value is -4.63. The monoisotopic (exact) mass is 698 g/mol. The zero-order valence-corrected chi connectivity index (χ0v) is 27.4. The molecule has 258 valence electrons. The molecule has 2 amide bonds. The predicted molar refractivity (Wildman–Crippen MR) is 176 cm³/mol. The van der Waals surface area contributed by atoms with Gasteiger partial charge in [0, 0.05) is 68.6 Å². The first-order chi connectivity index (χ1) is 23.4. The fourth-order valence-electron chi connectivity index (χ4n) is 6.88. The van der Waals surface area contributed by atoms with Crippen LogP contribution in [-0.4, -0.2) is 73.1 Å². The summed E-state index contributed by atoms with van der Waals surface area (Å²) in [5, 5.41) is 12.1. The van der Waals surface area contributed by atoms with Crippen LogP contribution in [0, 0.1) is 23.5 Å². The number of pyridine rings is 1. The molecule has 5 heterocycles. The Balaban J connectivity index is 1.23. The molecular formula is C33H34ClF3N8O4. The van der Waals surface area contributed by atoms with Gasteiger partial charge in [0.2, 0.25) is 17.7 Å². The summed E-state index contributed by atoms with van der Waals surface area (Å²) >= 11 is 6.26. The summed E-state index contributed by atoms with van der Waals surface area (Å²) in [5.74, 6) is -5.84. The fraction of sp³-hybridized carbons (Fsp3) is 0.424. The minimum atomic E-state index is -1.72. The lowest BCUT2D eigenvalue weighted by Crippen LogP contribution is -2.52. The highest BCUT2D eigenvalue weighted by atomic mass is 35.5. The summed E-state index contributed by atoms with van der Waals surface area (Å²) in [5.41, 5.74) is 3.38. The van der Waals surface area contributed by atoms with E-state index in [2.05, 4.69) is 20.2 Å². The van der Waals surface area contributed by atoms with E-state index in [1.54, 1.807) is 0 Å². The van der Waals surface area contributed by atoms with Gasteiger partial charge in [0.15, 0.2) is 11.6 Å². The molecule has 49 heavy (non-hydrogen) atoms. The van der Waals surface area contributed by atoms with Gasteiger partial charge in [0.1, 0.15) is 28.9 Å². The lowest BCUT2D eigenvalue weighted by molar-refractivity contribution is -0.116. The van der Waals surface area contributed by atoms with Gasteiger partial charge in [0.25, 0.3) is 11.5 Å². The van der Waals surface area contributed by atoms with E-state index < -0.39 is 58.4 Å². The van der Waals surface area contributed by atoms with E-state index in [4.69, 9.17) is 17.3 Å². The van der Waals surface area contributed by atoms with Crippen molar-refractivity contribution in [2.24, 2.45) is 11.7 Å². The number of halogens is 4. The van der Waals surface area contributed by atoms with E-state index in [9.17, 15) is 23.9 Å². The quantitative estimate of drug-likeness (QED) is 0.234. The van der Waals surface area contributed by atoms with Crippen LogP contribution < -0.4 is 21.5 Å². The molecule has 16 heteroatoms. The molecule has 2 fully saturated rings. The Morgan fingerprint density at radius 3 is 2.57 bits per heavy atom. The number of carbonyl (C=O) groups is 2. The molecule has 1 aromatic carbocycles. The molecule has 0 spiro atoms. The Morgan fingerprint density at radius 1 is 1.08 bits per heavy atom. The number of benzene rings is 1. The lowest BCUT2D eigenvalue weighted by Gasteiger charge is -2.40. The van der Waals surface area contributed by atoms with Gasteiger partial charge in [-0.05, 0) is 44.6 Å². The first kappa shape index (κ1) is 32.9. The number of aromatic nitrogens is 4. The normalized spacial score (nSPS) is 18.1. The molecule has 4 N–H and O–H groups in total. The molecule has 1 saturated heterocycles. The number of nitrogens with one attached hydrogen (secondary N) is 1.